The molecule has 6 heteroatoms. The number of nitrogens with zero attached hydrogens (tertiary/aromatic N) is 2. The van der Waals surface area contributed by atoms with Crippen molar-refractivity contribution in [1.29, 1.82) is 0 Å². The van der Waals surface area contributed by atoms with Crippen molar-refractivity contribution in [3.63, 3.8) is 0 Å². The molecule has 0 amide bonds. The summed E-state index contributed by atoms with van der Waals surface area (Å²) < 4.78 is 10.7. The SMILES string of the molecule is O[C@H]1[C@H](O)[C@@H](N2CCOCC2)C[C@@H]1N1CCOCC1. The summed E-state index contributed by atoms with van der Waals surface area (Å²) in [5, 5.41) is 20.6. The molecule has 19 heavy (non-hydrogen) atoms. The fourth-order valence-electron chi connectivity index (χ4n) is 3.53. The highest BCUT2D eigenvalue weighted by Gasteiger charge is 2.46. The van der Waals surface area contributed by atoms with Crippen molar-refractivity contribution in [2.45, 2.75) is 30.7 Å². The van der Waals surface area contributed by atoms with Gasteiger partial charge >= 0.3 is 0 Å². The molecule has 0 spiro atoms. The van der Waals surface area contributed by atoms with Crippen molar-refractivity contribution >= 4 is 0 Å². The number of aliphatic hydroxyl groups is 2. The normalized spacial score (nSPS) is 42.6. The molecule has 4 atom stereocenters. The molecule has 110 valence electrons. The van der Waals surface area contributed by atoms with E-state index in [0.717, 1.165) is 59.0 Å². The monoisotopic (exact) mass is 272 g/mol. The second kappa shape index (κ2) is 6.03. The van der Waals surface area contributed by atoms with Gasteiger partial charge in [-0.1, -0.05) is 0 Å². The van der Waals surface area contributed by atoms with Crippen molar-refractivity contribution in [2.24, 2.45) is 0 Å². The molecule has 0 bridgehead atoms. The van der Waals surface area contributed by atoms with Crippen molar-refractivity contribution in [1.82, 2.24) is 9.80 Å². The maximum Gasteiger partial charge on any atom is 0.0969 e. The Hall–Kier alpha value is -0.240. The number of morpholine rings is 2. The molecule has 2 aliphatic heterocycles. The van der Waals surface area contributed by atoms with Gasteiger partial charge in [0.25, 0.3) is 0 Å². The second-order valence-electron chi connectivity index (χ2n) is 5.65. The first-order valence-corrected chi connectivity index (χ1v) is 7.27. The Balaban J connectivity index is 1.64. The minimum absolute atomic E-state index is 0.0618. The first-order valence-electron chi connectivity index (χ1n) is 7.27. The Kier molecular flexibility index (Phi) is 4.36. The van der Waals surface area contributed by atoms with Gasteiger partial charge in [-0.15, -0.1) is 0 Å². The van der Waals surface area contributed by atoms with Crippen LogP contribution in [0.3, 0.4) is 0 Å². The van der Waals surface area contributed by atoms with E-state index in [-0.39, 0.29) is 12.1 Å². The predicted molar refractivity (Wildman–Crippen MR) is 69.0 cm³/mol. The van der Waals surface area contributed by atoms with Crippen LogP contribution in [-0.4, -0.2) is 96.9 Å². The van der Waals surface area contributed by atoms with Crippen LogP contribution in [0.5, 0.6) is 0 Å². The van der Waals surface area contributed by atoms with Crippen LogP contribution >= 0.6 is 0 Å². The zero-order valence-corrected chi connectivity index (χ0v) is 11.3. The zero-order chi connectivity index (χ0) is 13.2. The highest BCUT2D eigenvalue weighted by atomic mass is 16.5. The summed E-state index contributed by atoms with van der Waals surface area (Å²) in [6.45, 7) is 6.30. The molecule has 1 aliphatic carbocycles. The van der Waals surface area contributed by atoms with Crippen molar-refractivity contribution in [3.05, 3.63) is 0 Å². The van der Waals surface area contributed by atoms with Gasteiger partial charge in [0.05, 0.1) is 38.6 Å². The van der Waals surface area contributed by atoms with Gasteiger partial charge in [-0.05, 0) is 6.42 Å². The molecule has 6 nitrogen and oxygen atoms in total. The van der Waals surface area contributed by atoms with E-state index in [9.17, 15) is 10.2 Å². The number of rotatable bonds is 2. The molecule has 1 saturated carbocycles. The van der Waals surface area contributed by atoms with Crippen LogP contribution in [0.2, 0.25) is 0 Å². The van der Waals surface area contributed by atoms with Gasteiger partial charge in [0.2, 0.25) is 0 Å². The summed E-state index contributed by atoms with van der Waals surface area (Å²) in [7, 11) is 0. The third kappa shape index (κ3) is 2.79. The molecule has 2 N–H and O–H groups in total. The van der Waals surface area contributed by atoms with Crippen LogP contribution in [0.1, 0.15) is 6.42 Å². The predicted octanol–water partition coefficient (Wildman–Crippen LogP) is -1.49. The molecule has 0 aromatic heterocycles. The van der Waals surface area contributed by atoms with E-state index in [1.807, 2.05) is 0 Å². The fourth-order valence-corrected chi connectivity index (χ4v) is 3.53. The van der Waals surface area contributed by atoms with Crippen LogP contribution in [0.25, 0.3) is 0 Å². The Bertz CT molecular complexity index is 264. The molecular formula is C13H24N2O4. The molecule has 2 saturated heterocycles. The lowest BCUT2D eigenvalue weighted by Gasteiger charge is -2.35. The summed E-state index contributed by atoms with van der Waals surface area (Å²) in [5.74, 6) is 0. The Morgan fingerprint density at radius 1 is 0.684 bits per heavy atom. The van der Waals surface area contributed by atoms with Gasteiger partial charge < -0.3 is 19.7 Å². The molecule has 0 unspecified atom stereocenters. The van der Waals surface area contributed by atoms with Crippen LogP contribution in [0.4, 0.5) is 0 Å². The average molecular weight is 272 g/mol. The van der Waals surface area contributed by atoms with Crippen LogP contribution in [-0.2, 0) is 9.47 Å². The van der Waals surface area contributed by atoms with Crippen LogP contribution in [0.15, 0.2) is 0 Å². The van der Waals surface area contributed by atoms with E-state index in [2.05, 4.69) is 9.80 Å². The lowest BCUT2D eigenvalue weighted by atomic mass is 10.1. The third-order valence-corrected chi connectivity index (χ3v) is 4.65. The molecule has 0 aromatic carbocycles. The van der Waals surface area contributed by atoms with E-state index >= 15 is 0 Å². The summed E-state index contributed by atoms with van der Waals surface area (Å²) in [6, 6.07) is 0.124. The third-order valence-electron chi connectivity index (χ3n) is 4.65. The fraction of sp³-hybridized carbons (Fsp3) is 1.00. The minimum atomic E-state index is -0.647. The Labute approximate surface area is 113 Å². The lowest BCUT2D eigenvalue weighted by molar-refractivity contribution is -0.0522. The number of ether oxygens (including phenoxy) is 2. The number of hydrogen-bond donors (Lipinski definition) is 2. The van der Waals surface area contributed by atoms with Gasteiger partial charge in [0.15, 0.2) is 0 Å². The smallest absolute Gasteiger partial charge is 0.0969 e. The van der Waals surface area contributed by atoms with Gasteiger partial charge in [0.1, 0.15) is 0 Å². The van der Waals surface area contributed by atoms with Gasteiger partial charge in [-0.3, -0.25) is 9.80 Å². The van der Waals surface area contributed by atoms with E-state index in [1.165, 1.54) is 0 Å². The molecular weight excluding hydrogens is 248 g/mol. The first kappa shape index (κ1) is 13.7. The number of aliphatic hydroxyl groups excluding tert-OH is 2. The molecule has 3 rings (SSSR count). The van der Waals surface area contributed by atoms with Crippen LogP contribution in [0, 0.1) is 0 Å². The van der Waals surface area contributed by atoms with Gasteiger partial charge in [-0.25, -0.2) is 0 Å². The molecule has 0 aromatic rings. The van der Waals surface area contributed by atoms with E-state index in [1.54, 1.807) is 0 Å². The molecule has 0 radical (unpaired) electrons. The lowest BCUT2D eigenvalue weighted by Crippen LogP contribution is -2.49. The minimum Gasteiger partial charge on any atom is -0.389 e. The summed E-state index contributed by atoms with van der Waals surface area (Å²) in [5.41, 5.74) is 0. The highest BCUT2D eigenvalue weighted by molar-refractivity contribution is 5.01. The first-order chi connectivity index (χ1) is 9.27. The number of hydrogen-bond acceptors (Lipinski definition) is 6. The van der Waals surface area contributed by atoms with Crippen LogP contribution < -0.4 is 0 Å². The van der Waals surface area contributed by atoms with Crippen molar-refractivity contribution in [2.75, 3.05) is 52.6 Å². The second-order valence-corrected chi connectivity index (χ2v) is 5.65. The summed E-state index contributed by atoms with van der Waals surface area (Å²) in [4.78, 5) is 4.52. The largest absolute Gasteiger partial charge is 0.389 e. The summed E-state index contributed by atoms with van der Waals surface area (Å²) in [6.07, 6.45) is -0.459. The standard InChI is InChI=1S/C13H24N2O4/c16-12-10(14-1-5-18-6-2-14)9-11(13(12)17)15-3-7-19-8-4-15/h10-13,16-17H,1-9H2/t10-,11-,12+,13+/m0/s1. The highest BCUT2D eigenvalue weighted by Crippen LogP contribution is 2.30. The van der Waals surface area contributed by atoms with E-state index in [0.29, 0.717) is 0 Å². The summed E-state index contributed by atoms with van der Waals surface area (Å²) >= 11 is 0. The van der Waals surface area contributed by atoms with E-state index < -0.39 is 12.2 Å². The zero-order valence-electron chi connectivity index (χ0n) is 11.3. The Morgan fingerprint density at radius 3 is 1.42 bits per heavy atom. The van der Waals surface area contributed by atoms with E-state index in [4.69, 9.17) is 9.47 Å². The molecule has 3 fully saturated rings. The van der Waals surface area contributed by atoms with Crippen molar-refractivity contribution < 1.29 is 19.7 Å². The maximum absolute atomic E-state index is 10.3. The average Bonchev–Trinajstić information content (AvgIpc) is 2.77. The maximum atomic E-state index is 10.3. The molecule has 3 aliphatic rings. The topological polar surface area (TPSA) is 65.4 Å². The Morgan fingerprint density at radius 2 is 1.05 bits per heavy atom. The molecule has 2 heterocycles. The van der Waals surface area contributed by atoms with Gasteiger partial charge in [-0.2, -0.15) is 0 Å². The van der Waals surface area contributed by atoms with Gasteiger partial charge in [0, 0.05) is 38.3 Å². The van der Waals surface area contributed by atoms with Crippen molar-refractivity contribution in [3.8, 4) is 0 Å². The quantitative estimate of drug-likeness (QED) is 0.639.